The second-order valence-corrected chi connectivity index (χ2v) is 10.6. The van der Waals surface area contributed by atoms with Gasteiger partial charge in [-0.25, -0.2) is 10.2 Å². The molecule has 0 unspecified atom stereocenters. The number of benzene rings is 2. The number of hydrogen-bond donors (Lipinski definition) is 2. The smallest absolute Gasteiger partial charge is 0.268 e. The molecule has 0 spiro atoms. The normalized spacial score (nSPS) is 19.2. The van der Waals surface area contributed by atoms with Crippen molar-refractivity contribution in [1.82, 2.24) is 10.2 Å². The van der Waals surface area contributed by atoms with Crippen LogP contribution in [-0.4, -0.2) is 12.1 Å². The fourth-order valence-corrected chi connectivity index (χ4v) is 7.45. The first kappa shape index (κ1) is 20.7. The van der Waals surface area contributed by atoms with Crippen LogP contribution in [0.2, 0.25) is 0 Å². The van der Waals surface area contributed by atoms with Crippen molar-refractivity contribution < 1.29 is 4.57 Å². The SMILES string of the molecule is O=P(NC1CCCCC1)(NC1CCCCC1)N(c1ccccc1)c1ccccc1. The lowest BCUT2D eigenvalue weighted by atomic mass is 9.96. The average Bonchev–Trinajstić information content (AvgIpc) is 2.77. The van der Waals surface area contributed by atoms with Crippen LogP contribution < -0.4 is 14.8 Å². The largest absolute Gasteiger partial charge is 0.310 e. The van der Waals surface area contributed by atoms with Gasteiger partial charge < -0.3 is 0 Å². The predicted octanol–water partition coefficient (Wildman–Crippen LogP) is 6.78. The third kappa shape index (κ3) is 5.31. The molecule has 2 aromatic carbocycles. The summed E-state index contributed by atoms with van der Waals surface area (Å²) < 4.78 is 16.8. The van der Waals surface area contributed by atoms with Gasteiger partial charge >= 0.3 is 7.59 Å². The molecule has 0 aliphatic heterocycles. The molecule has 2 fully saturated rings. The Morgan fingerprint density at radius 2 is 1.00 bits per heavy atom. The molecule has 0 bridgehead atoms. The van der Waals surface area contributed by atoms with E-state index in [9.17, 15) is 4.57 Å². The van der Waals surface area contributed by atoms with Gasteiger partial charge in [0.25, 0.3) is 0 Å². The number of anilines is 2. The maximum absolute atomic E-state index is 14.8. The van der Waals surface area contributed by atoms with Crippen LogP contribution in [0.5, 0.6) is 0 Å². The molecule has 0 radical (unpaired) electrons. The Bertz CT molecular complexity index is 723. The minimum Gasteiger partial charge on any atom is -0.268 e. The molecule has 5 heteroatoms. The Labute approximate surface area is 175 Å². The van der Waals surface area contributed by atoms with Crippen molar-refractivity contribution in [3.05, 3.63) is 60.7 Å². The van der Waals surface area contributed by atoms with Gasteiger partial charge in [0.2, 0.25) is 0 Å². The average molecular weight is 412 g/mol. The van der Waals surface area contributed by atoms with Gasteiger partial charge in [-0.1, -0.05) is 74.9 Å². The molecule has 29 heavy (non-hydrogen) atoms. The molecule has 4 nitrogen and oxygen atoms in total. The standard InChI is InChI=1S/C24H34N3OP/c28-29(25-21-13-5-1-6-14-21,26-22-15-7-2-8-16-22)27(23-17-9-3-10-18-23)24-19-11-4-12-20-24/h3-4,9-12,17-22H,1-2,5-8,13-16H2,(H2,25,26,28). The zero-order valence-electron chi connectivity index (χ0n) is 17.3. The van der Waals surface area contributed by atoms with Crippen molar-refractivity contribution in [1.29, 1.82) is 0 Å². The van der Waals surface area contributed by atoms with E-state index in [1.54, 1.807) is 0 Å². The second-order valence-electron chi connectivity index (χ2n) is 8.49. The van der Waals surface area contributed by atoms with Gasteiger partial charge in [-0.05, 0) is 49.9 Å². The van der Waals surface area contributed by atoms with Crippen LogP contribution >= 0.6 is 7.59 Å². The summed E-state index contributed by atoms with van der Waals surface area (Å²) in [5.74, 6) is 0. The summed E-state index contributed by atoms with van der Waals surface area (Å²) in [6.07, 6.45) is 11.9. The molecule has 0 heterocycles. The van der Waals surface area contributed by atoms with E-state index in [-0.39, 0.29) is 0 Å². The van der Waals surface area contributed by atoms with Crippen molar-refractivity contribution in [2.75, 3.05) is 4.67 Å². The molecule has 0 saturated heterocycles. The molecule has 2 N–H and O–H groups in total. The van der Waals surface area contributed by atoms with Crippen molar-refractivity contribution in [3.63, 3.8) is 0 Å². The van der Waals surface area contributed by atoms with E-state index >= 15 is 0 Å². The van der Waals surface area contributed by atoms with Gasteiger partial charge in [0.15, 0.2) is 0 Å². The number of hydrogen-bond acceptors (Lipinski definition) is 1. The summed E-state index contributed by atoms with van der Waals surface area (Å²) in [6.45, 7) is 0. The second kappa shape index (κ2) is 9.93. The Morgan fingerprint density at radius 1 is 0.621 bits per heavy atom. The summed E-state index contributed by atoms with van der Waals surface area (Å²) in [5.41, 5.74) is 1.93. The summed E-state index contributed by atoms with van der Waals surface area (Å²) >= 11 is 0. The van der Waals surface area contributed by atoms with Crippen molar-refractivity contribution in [3.8, 4) is 0 Å². The third-order valence-corrected chi connectivity index (χ3v) is 8.66. The number of para-hydroxylation sites is 2. The Morgan fingerprint density at radius 3 is 1.38 bits per heavy atom. The summed E-state index contributed by atoms with van der Waals surface area (Å²) in [5, 5.41) is 7.29. The van der Waals surface area contributed by atoms with E-state index in [1.807, 2.05) is 41.1 Å². The van der Waals surface area contributed by atoms with Crippen molar-refractivity contribution in [2.24, 2.45) is 0 Å². The topological polar surface area (TPSA) is 44.4 Å². The van der Waals surface area contributed by atoms with E-state index in [2.05, 4.69) is 34.4 Å². The Kier molecular flexibility index (Phi) is 7.07. The molecule has 2 saturated carbocycles. The van der Waals surface area contributed by atoms with Crippen LogP contribution in [-0.2, 0) is 4.57 Å². The first-order chi connectivity index (χ1) is 14.2. The third-order valence-electron chi connectivity index (χ3n) is 6.21. The minimum atomic E-state index is -3.08. The van der Waals surface area contributed by atoms with E-state index in [0.717, 1.165) is 37.1 Å². The molecule has 2 aliphatic rings. The maximum Gasteiger partial charge on any atom is 0.310 e. The fraction of sp³-hybridized carbons (Fsp3) is 0.500. The van der Waals surface area contributed by atoms with E-state index in [1.165, 1.54) is 38.5 Å². The minimum absolute atomic E-state index is 0.306. The van der Waals surface area contributed by atoms with E-state index in [4.69, 9.17) is 0 Å². The molecule has 0 amide bonds. The first-order valence-electron chi connectivity index (χ1n) is 11.3. The lowest BCUT2D eigenvalue weighted by Gasteiger charge is -2.40. The van der Waals surface area contributed by atoms with Crippen LogP contribution in [0.15, 0.2) is 60.7 Å². The summed E-state index contributed by atoms with van der Waals surface area (Å²) in [4.78, 5) is 0. The van der Waals surface area contributed by atoms with Crippen LogP contribution in [0.1, 0.15) is 64.2 Å². The lowest BCUT2D eigenvalue weighted by Crippen LogP contribution is -2.43. The van der Waals surface area contributed by atoms with E-state index < -0.39 is 7.59 Å². The van der Waals surface area contributed by atoms with Gasteiger partial charge in [-0.2, -0.15) is 0 Å². The quantitative estimate of drug-likeness (QED) is 0.493. The van der Waals surface area contributed by atoms with Crippen LogP contribution in [0.3, 0.4) is 0 Å². The summed E-state index contributed by atoms with van der Waals surface area (Å²) in [6, 6.07) is 21.0. The number of rotatable bonds is 7. The van der Waals surface area contributed by atoms with Gasteiger partial charge in [-0.3, -0.25) is 9.24 Å². The molecule has 2 aromatic rings. The molecule has 2 aliphatic carbocycles. The Hall–Kier alpha value is -1.61. The van der Waals surface area contributed by atoms with Gasteiger partial charge in [0.1, 0.15) is 0 Å². The highest BCUT2D eigenvalue weighted by molar-refractivity contribution is 7.62. The van der Waals surface area contributed by atoms with E-state index in [0.29, 0.717) is 12.1 Å². The molecule has 156 valence electrons. The molecule has 0 aromatic heterocycles. The van der Waals surface area contributed by atoms with Crippen molar-refractivity contribution in [2.45, 2.75) is 76.3 Å². The predicted molar refractivity (Wildman–Crippen MR) is 123 cm³/mol. The zero-order chi connectivity index (χ0) is 19.9. The summed E-state index contributed by atoms with van der Waals surface area (Å²) in [7, 11) is -3.08. The maximum atomic E-state index is 14.8. The number of nitrogens with zero attached hydrogens (tertiary/aromatic N) is 1. The van der Waals surface area contributed by atoms with Crippen LogP contribution in [0, 0.1) is 0 Å². The van der Waals surface area contributed by atoms with Crippen LogP contribution in [0.4, 0.5) is 11.4 Å². The molecule has 0 atom stereocenters. The number of nitrogens with one attached hydrogen (secondary N) is 2. The highest BCUT2D eigenvalue weighted by Gasteiger charge is 2.37. The fourth-order valence-electron chi connectivity index (χ4n) is 4.72. The monoisotopic (exact) mass is 411 g/mol. The zero-order valence-corrected chi connectivity index (χ0v) is 18.2. The highest BCUT2D eigenvalue weighted by Crippen LogP contribution is 2.52. The highest BCUT2D eigenvalue weighted by atomic mass is 31.2. The molecule has 4 rings (SSSR count). The van der Waals surface area contributed by atoms with Crippen LogP contribution in [0.25, 0.3) is 0 Å². The van der Waals surface area contributed by atoms with Gasteiger partial charge in [0, 0.05) is 23.5 Å². The van der Waals surface area contributed by atoms with Gasteiger partial charge in [0.05, 0.1) is 0 Å². The lowest BCUT2D eigenvalue weighted by molar-refractivity contribution is 0.389. The molecular formula is C24H34N3OP. The first-order valence-corrected chi connectivity index (χ1v) is 13.0. The Balaban J connectivity index is 1.71. The molecular weight excluding hydrogens is 377 g/mol. The van der Waals surface area contributed by atoms with Gasteiger partial charge in [-0.15, -0.1) is 0 Å². The van der Waals surface area contributed by atoms with Crippen molar-refractivity contribution >= 4 is 19.0 Å².